The number of halogens is 1. The molecule has 0 spiro atoms. The fourth-order valence-electron chi connectivity index (χ4n) is 1.09. The number of hydrogen-bond acceptors (Lipinski definition) is 6. The van der Waals surface area contributed by atoms with E-state index in [0.717, 1.165) is 17.8 Å². The fraction of sp³-hybridized carbons (Fsp3) is 0.250. The van der Waals surface area contributed by atoms with Crippen molar-refractivity contribution in [1.82, 2.24) is 0 Å². The largest absolute Gasteiger partial charge is 0.326 e. The summed E-state index contributed by atoms with van der Waals surface area (Å²) in [5.74, 6) is -0.960. The van der Waals surface area contributed by atoms with Gasteiger partial charge in [0.25, 0.3) is 0 Å². The second kappa shape index (κ2) is 6.65. The van der Waals surface area contributed by atoms with Crippen molar-refractivity contribution in [2.45, 2.75) is 9.79 Å². The highest BCUT2D eigenvalue weighted by Crippen LogP contribution is 2.29. The van der Waals surface area contributed by atoms with Gasteiger partial charge in [-0.15, -0.1) is 11.8 Å². The van der Waals surface area contributed by atoms with E-state index in [2.05, 4.69) is 8.71 Å². The van der Waals surface area contributed by atoms with E-state index in [1.165, 1.54) is 12.1 Å². The van der Waals surface area contributed by atoms with Gasteiger partial charge in [-0.05, 0) is 18.4 Å². The normalized spacial score (nSPS) is 13.5. The van der Waals surface area contributed by atoms with E-state index in [1.54, 1.807) is 6.26 Å². The molecule has 0 heterocycles. The number of rotatable bonds is 6. The molecule has 10 heteroatoms. The predicted molar refractivity (Wildman–Crippen MR) is 63.6 cm³/mol. The van der Waals surface area contributed by atoms with Crippen molar-refractivity contribution in [2.24, 2.45) is 0 Å². The first kappa shape index (κ1) is 15.6. The maximum Gasteiger partial charge on any atom is 0.318 e. The minimum absolute atomic E-state index is 0.173. The van der Waals surface area contributed by atoms with Crippen LogP contribution in [0.25, 0.3) is 0 Å². The molecule has 0 aromatic heterocycles. The monoisotopic (exact) mass is 316 g/mol. The maximum atomic E-state index is 13.5. The van der Waals surface area contributed by atoms with Crippen LogP contribution in [0.4, 0.5) is 4.39 Å². The lowest BCUT2D eigenvalue weighted by atomic mass is 10.3. The summed E-state index contributed by atoms with van der Waals surface area (Å²) in [6, 6.07) is 3.76. The molecule has 102 valence electrons. The van der Waals surface area contributed by atoms with E-state index in [4.69, 9.17) is 4.89 Å². The van der Waals surface area contributed by atoms with Crippen molar-refractivity contribution in [3.05, 3.63) is 24.0 Å². The Hall–Kier alpha value is -0.440. The minimum atomic E-state index is -4.38. The Bertz CT molecular complexity index is 547. The van der Waals surface area contributed by atoms with Gasteiger partial charge in [-0.25, -0.2) is 8.57 Å². The van der Waals surface area contributed by atoms with Gasteiger partial charge in [0.15, 0.2) is 6.79 Å². The van der Waals surface area contributed by atoms with Crippen LogP contribution in [0.3, 0.4) is 0 Å². The third kappa shape index (κ3) is 4.04. The zero-order chi connectivity index (χ0) is 13.8. The van der Waals surface area contributed by atoms with Crippen molar-refractivity contribution in [3.8, 4) is 0 Å². The zero-order valence-corrected chi connectivity index (χ0v) is 11.8. The third-order valence-electron chi connectivity index (χ3n) is 1.79. The second-order valence-electron chi connectivity index (χ2n) is 2.87. The molecule has 1 N–H and O–H groups in total. The summed E-state index contributed by atoms with van der Waals surface area (Å²) in [4.78, 5) is 7.91. The molecule has 1 atom stereocenters. The zero-order valence-electron chi connectivity index (χ0n) is 9.12. The number of hydrogen-bond donors (Lipinski definition) is 1. The van der Waals surface area contributed by atoms with Gasteiger partial charge in [-0.3, -0.25) is 9.09 Å². The number of benzene rings is 1. The Labute approximate surface area is 108 Å². The van der Waals surface area contributed by atoms with Crippen molar-refractivity contribution in [3.63, 3.8) is 0 Å². The van der Waals surface area contributed by atoms with E-state index in [0.29, 0.717) is 0 Å². The van der Waals surface area contributed by atoms with Crippen LogP contribution in [0.5, 0.6) is 0 Å². The lowest BCUT2D eigenvalue weighted by molar-refractivity contribution is 0.120. The highest BCUT2D eigenvalue weighted by Gasteiger charge is 2.24. The summed E-state index contributed by atoms with van der Waals surface area (Å²) in [6.07, 6.45) is 1.58. The van der Waals surface area contributed by atoms with Crippen LogP contribution in [0.2, 0.25) is 0 Å². The average molecular weight is 316 g/mol. The quantitative estimate of drug-likeness (QED) is 0.369. The summed E-state index contributed by atoms with van der Waals surface area (Å²) >= 11 is 1.03. The SMILES string of the molecule is CSc1cccc(F)c1S(=O)(=O)OCO[PH](=O)O. The first-order valence-corrected chi connectivity index (χ1v) is 8.36. The van der Waals surface area contributed by atoms with E-state index in [-0.39, 0.29) is 4.90 Å². The molecule has 0 aliphatic rings. The van der Waals surface area contributed by atoms with Crippen LogP contribution in [0.1, 0.15) is 0 Å². The smallest absolute Gasteiger partial charge is 0.318 e. The maximum absolute atomic E-state index is 13.5. The molecule has 6 nitrogen and oxygen atoms in total. The topological polar surface area (TPSA) is 89.9 Å². The molecule has 0 bridgehead atoms. The summed E-state index contributed by atoms with van der Waals surface area (Å²) in [5, 5.41) is 0. The lowest BCUT2D eigenvalue weighted by Gasteiger charge is -2.09. The molecule has 1 unspecified atom stereocenters. The Morgan fingerprint density at radius 2 is 2.17 bits per heavy atom. The molecular weight excluding hydrogens is 306 g/mol. The first-order valence-electron chi connectivity index (χ1n) is 4.46. The van der Waals surface area contributed by atoms with Gasteiger partial charge >= 0.3 is 18.4 Å². The van der Waals surface area contributed by atoms with Crippen molar-refractivity contribution in [1.29, 1.82) is 0 Å². The van der Waals surface area contributed by atoms with Gasteiger partial charge in [0, 0.05) is 4.90 Å². The van der Waals surface area contributed by atoms with Crippen LogP contribution < -0.4 is 0 Å². The molecule has 18 heavy (non-hydrogen) atoms. The van der Waals surface area contributed by atoms with Crippen LogP contribution in [0, 0.1) is 5.82 Å². The average Bonchev–Trinajstić information content (AvgIpc) is 2.27. The van der Waals surface area contributed by atoms with Gasteiger partial charge in [0.2, 0.25) is 0 Å². The number of thioether (sulfide) groups is 1. The molecule has 1 aromatic rings. The summed E-state index contributed by atoms with van der Waals surface area (Å²) in [7, 11) is -7.69. The molecule has 0 aliphatic carbocycles. The Morgan fingerprint density at radius 1 is 1.50 bits per heavy atom. The molecule has 1 aromatic carbocycles. The standard InChI is InChI=1S/C8H10FO6PS2/c1-17-7-4-2-3-6(9)8(7)18(12,13)15-5-14-16(10)11/h2-4,16H,5H2,1H3,(H,10,11). The van der Waals surface area contributed by atoms with Crippen LogP contribution >= 0.6 is 20.0 Å². The van der Waals surface area contributed by atoms with Crippen molar-refractivity contribution in [2.75, 3.05) is 13.0 Å². The molecule has 1 rings (SSSR count). The molecule has 0 fully saturated rings. The fourth-order valence-corrected chi connectivity index (χ4v) is 3.30. The van der Waals surface area contributed by atoms with E-state index >= 15 is 0 Å². The van der Waals surface area contributed by atoms with E-state index in [9.17, 15) is 17.4 Å². The molecule has 0 saturated carbocycles. The third-order valence-corrected chi connectivity index (χ3v) is 4.38. The molecular formula is C8H10FO6PS2. The molecule has 0 radical (unpaired) electrons. The predicted octanol–water partition coefficient (Wildman–Crippen LogP) is 1.61. The van der Waals surface area contributed by atoms with Gasteiger partial charge in [0.05, 0.1) is 0 Å². The van der Waals surface area contributed by atoms with Gasteiger partial charge < -0.3 is 4.89 Å². The van der Waals surface area contributed by atoms with E-state index in [1.807, 2.05) is 0 Å². The van der Waals surface area contributed by atoms with Gasteiger partial charge in [0.1, 0.15) is 10.7 Å². The van der Waals surface area contributed by atoms with Crippen LogP contribution in [0.15, 0.2) is 28.0 Å². The first-order chi connectivity index (χ1) is 8.38. The molecule has 0 saturated heterocycles. The molecule has 0 aliphatic heterocycles. The van der Waals surface area contributed by atoms with Crippen LogP contribution in [-0.2, 0) is 23.4 Å². The van der Waals surface area contributed by atoms with Gasteiger partial charge in [-0.1, -0.05) is 6.07 Å². The van der Waals surface area contributed by atoms with E-state index < -0.39 is 35.9 Å². The minimum Gasteiger partial charge on any atom is -0.326 e. The van der Waals surface area contributed by atoms with Crippen molar-refractivity contribution >= 4 is 30.1 Å². The Morgan fingerprint density at radius 3 is 2.72 bits per heavy atom. The lowest BCUT2D eigenvalue weighted by Crippen LogP contribution is -2.11. The van der Waals surface area contributed by atoms with Crippen LogP contribution in [-0.4, -0.2) is 26.4 Å². The highest BCUT2D eigenvalue weighted by molar-refractivity contribution is 7.99. The Balaban J connectivity index is 3.01. The van der Waals surface area contributed by atoms with Gasteiger partial charge in [-0.2, -0.15) is 8.42 Å². The summed E-state index contributed by atoms with van der Waals surface area (Å²) < 4.78 is 55.5. The second-order valence-corrected chi connectivity index (χ2v) is 6.09. The summed E-state index contributed by atoms with van der Waals surface area (Å²) in [5.41, 5.74) is 0. The summed E-state index contributed by atoms with van der Waals surface area (Å²) in [6.45, 7) is -0.946. The van der Waals surface area contributed by atoms with Crippen molar-refractivity contribution < 1.29 is 31.0 Å². The highest BCUT2D eigenvalue weighted by atomic mass is 32.2. The Kier molecular flexibility index (Phi) is 5.77. The molecule has 0 amide bonds.